The number of nitrogens with zero attached hydrogens (tertiary/aromatic N) is 1. The van der Waals surface area contributed by atoms with Gasteiger partial charge in [0, 0.05) is 23.7 Å². The minimum absolute atomic E-state index is 0.240. The summed E-state index contributed by atoms with van der Waals surface area (Å²) in [6.07, 6.45) is 3.44. The van der Waals surface area contributed by atoms with Gasteiger partial charge in [0.1, 0.15) is 5.69 Å². The lowest BCUT2D eigenvalue weighted by atomic mass is 10.0. The van der Waals surface area contributed by atoms with Crippen molar-refractivity contribution >= 4 is 5.97 Å². The summed E-state index contributed by atoms with van der Waals surface area (Å²) in [5.74, 6) is -0.936. The molecule has 0 spiro atoms. The quantitative estimate of drug-likeness (QED) is 0.810. The Labute approximate surface area is 93.0 Å². The van der Waals surface area contributed by atoms with Gasteiger partial charge in [0.2, 0.25) is 0 Å². The maximum atomic E-state index is 10.9. The molecule has 0 amide bonds. The summed E-state index contributed by atoms with van der Waals surface area (Å²) >= 11 is 0. The molecule has 0 saturated heterocycles. The van der Waals surface area contributed by atoms with E-state index in [1.165, 1.54) is 0 Å². The van der Waals surface area contributed by atoms with Crippen LogP contribution in [-0.2, 0) is 0 Å². The molecule has 0 aromatic carbocycles. The Balaban J connectivity index is 2.53. The lowest BCUT2D eigenvalue weighted by Gasteiger charge is -2.01. The molecule has 4 heteroatoms. The largest absolute Gasteiger partial charge is 0.477 e. The molecule has 2 aromatic rings. The maximum absolute atomic E-state index is 10.9. The van der Waals surface area contributed by atoms with E-state index in [1.807, 2.05) is 19.1 Å². The molecule has 2 heterocycles. The summed E-state index contributed by atoms with van der Waals surface area (Å²) in [5, 5.41) is 8.94. The van der Waals surface area contributed by atoms with Gasteiger partial charge in [0.25, 0.3) is 0 Å². The van der Waals surface area contributed by atoms with Crippen LogP contribution < -0.4 is 0 Å². The second-order valence-electron chi connectivity index (χ2n) is 3.69. The van der Waals surface area contributed by atoms with E-state index in [1.54, 1.807) is 19.3 Å². The number of nitrogens with one attached hydrogen (secondary N) is 1. The molecule has 4 nitrogen and oxygen atoms in total. The zero-order valence-electron chi connectivity index (χ0n) is 9.11. The lowest BCUT2D eigenvalue weighted by molar-refractivity contribution is 0.0690. The fourth-order valence-electron chi connectivity index (χ4n) is 1.73. The van der Waals surface area contributed by atoms with E-state index in [9.17, 15) is 4.79 Å². The minimum atomic E-state index is -0.936. The number of aromatic carboxylic acids is 1. The maximum Gasteiger partial charge on any atom is 0.352 e. The van der Waals surface area contributed by atoms with Gasteiger partial charge in [-0.1, -0.05) is 0 Å². The minimum Gasteiger partial charge on any atom is -0.477 e. The van der Waals surface area contributed by atoms with Gasteiger partial charge in [-0.25, -0.2) is 4.79 Å². The van der Waals surface area contributed by atoms with Crippen molar-refractivity contribution < 1.29 is 9.90 Å². The van der Waals surface area contributed by atoms with Crippen LogP contribution in [0.25, 0.3) is 11.1 Å². The zero-order chi connectivity index (χ0) is 11.7. The molecule has 2 aromatic heterocycles. The van der Waals surface area contributed by atoms with Crippen molar-refractivity contribution in [1.29, 1.82) is 0 Å². The second kappa shape index (κ2) is 3.81. The smallest absolute Gasteiger partial charge is 0.352 e. The van der Waals surface area contributed by atoms with Crippen LogP contribution in [0.1, 0.15) is 21.7 Å². The summed E-state index contributed by atoms with van der Waals surface area (Å²) in [6, 6.07) is 3.80. The molecule has 2 N–H and O–H groups in total. The third kappa shape index (κ3) is 1.69. The molecular formula is C12H12N2O2. The van der Waals surface area contributed by atoms with Crippen molar-refractivity contribution in [2.24, 2.45) is 0 Å². The molecule has 0 radical (unpaired) electrons. The second-order valence-corrected chi connectivity index (χ2v) is 3.69. The van der Waals surface area contributed by atoms with Crippen molar-refractivity contribution in [3.8, 4) is 11.1 Å². The highest BCUT2D eigenvalue weighted by atomic mass is 16.4. The van der Waals surface area contributed by atoms with E-state index in [0.29, 0.717) is 0 Å². The molecular weight excluding hydrogens is 204 g/mol. The van der Waals surface area contributed by atoms with Crippen molar-refractivity contribution in [3.63, 3.8) is 0 Å². The van der Waals surface area contributed by atoms with E-state index in [-0.39, 0.29) is 5.69 Å². The summed E-state index contributed by atoms with van der Waals surface area (Å²) < 4.78 is 0. The molecule has 16 heavy (non-hydrogen) atoms. The predicted molar refractivity (Wildman–Crippen MR) is 60.5 cm³/mol. The Hall–Kier alpha value is -2.10. The Morgan fingerprint density at radius 1 is 1.44 bits per heavy atom. The Bertz CT molecular complexity index is 544. The number of carbonyl (C=O) groups is 1. The topological polar surface area (TPSA) is 66.0 Å². The number of pyridine rings is 1. The van der Waals surface area contributed by atoms with Crippen LogP contribution in [0, 0.1) is 13.8 Å². The van der Waals surface area contributed by atoms with E-state index >= 15 is 0 Å². The fourth-order valence-corrected chi connectivity index (χ4v) is 1.73. The molecule has 0 saturated carbocycles. The normalized spacial score (nSPS) is 10.4. The van der Waals surface area contributed by atoms with Crippen LogP contribution in [0.3, 0.4) is 0 Å². The number of hydrogen-bond acceptors (Lipinski definition) is 2. The summed E-state index contributed by atoms with van der Waals surface area (Å²) in [5.41, 5.74) is 3.79. The van der Waals surface area contributed by atoms with Crippen molar-refractivity contribution in [1.82, 2.24) is 9.97 Å². The van der Waals surface area contributed by atoms with Gasteiger partial charge in [0.05, 0.1) is 0 Å². The van der Waals surface area contributed by atoms with Gasteiger partial charge in [-0.15, -0.1) is 0 Å². The predicted octanol–water partition coefficient (Wildman–Crippen LogP) is 2.39. The third-order valence-electron chi connectivity index (χ3n) is 2.56. The summed E-state index contributed by atoms with van der Waals surface area (Å²) in [4.78, 5) is 17.8. The van der Waals surface area contributed by atoms with Gasteiger partial charge in [-0.2, -0.15) is 0 Å². The first kappa shape index (κ1) is 10.4. The Kier molecular flexibility index (Phi) is 2.48. The molecule has 82 valence electrons. The van der Waals surface area contributed by atoms with Crippen molar-refractivity contribution in [3.05, 3.63) is 41.5 Å². The molecule has 0 fully saturated rings. The van der Waals surface area contributed by atoms with Crippen LogP contribution in [0.2, 0.25) is 0 Å². The highest BCUT2D eigenvalue weighted by molar-refractivity contribution is 5.90. The zero-order valence-corrected chi connectivity index (χ0v) is 9.11. The van der Waals surface area contributed by atoms with Gasteiger partial charge in [-0.3, -0.25) is 4.98 Å². The number of carboxylic acid groups (broad SMARTS) is 1. The van der Waals surface area contributed by atoms with Crippen LogP contribution in [-0.4, -0.2) is 21.0 Å². The highest BCUT2D eigenvalue weighted by Crippen LogP contribution is 2.25. The van der Waals surface area contributed by atoms with Crippen molar-refractivity contribution in [2.45, 2.75) is 13.8 Å². The molecule has 0 bridgehead atoms. The molecule has 2 rings (SSSR count). The average Bonchev–Trinajstić information content (AvgIpc) is 2.60. The molecule has 0 atom stereocenters. The van der Waals surface area contributed by atoms with Gasteiger partial charge in [0.15, 0.2) is 0 Å². The standard InChI is InChI=1S/C12H12N2O2/c1-7-5-9(3-4-13-7)10-6-14-11(8(10)2)12(15)16/h3-6,14H,1-2H3,(H,15,16). The van der Waals surface area contributed by atoms with Crippen LogP contribution in [0.5, 0.6) is 0 Å². The SMILES string of the molecule is Cc1cc(-c2c[nH]c(C(=O)O)c2C)ccn1. The first-order valence-electron chi connectivity index (χ1n) is 4.94. The number of aromatic amines is 1. The Morgan fingerprint density at radius 2 is 2.19 bits per heavy atom. The van der Waals surface area contributed by atoms with Crippen molar-refractivity contribution in [2.75, 3.05) is 0 Å². The molecule has 0 aliphatic carbocycles. The lowest BCUT2D eigenvalue weighted by Crippen LogP contribution is -1.98. The Morgan fingerprint density at radius 3 is 2.75 bits per heavy atom. The summed E-state index contributed by atoms with van der Waals surface area (Å²) in [7, 11) is 0. The van der Waals surface area contributed by atoms with Crippen LogP contribution in [0.4, 0.5) is 0 Å². The molecule has 0 aliphatic heterocycles. The van der Waals surface area contributed by atoms with E-state index in [2.05, 4.69) is 9.97 Å². The number of aromatic nitrogens is 2. The number of carboxylic acids is 1. The first-order valence-corrected chi connectivity index (χ1v) is 4.94. The van der Waals surface area contributed by atoms with E-state index < -0.39 is 5.97 Å². The van der Waals surface area contributed by atoms with Gasteiger partial charge >= 0.3 is 5.97 Å². The van der Waals surface area contributed by atoms with Gasteiger partial charge < -0.3 is 10.1 Å². The van der Waals surface area contributed by atoms with E-state index in [0.717, 1.165) is 22.4 Å². The highest BCUT2D eigenvalue weighted by Gasteiger charge is 2.13. The van der Waals surface area contributed by atoms with Crippen LogP contribution in [0.15, 0.2) is 24.5 Å². The monoisotopic (exact) mass is 216 g/mol. The average molecular weight is 216 g/mol. The third-order valence-corrected chi connectivity index (χ3v) is 2.56. The number of H-pyrrole nitrogens is 1. The fraction of sp³-hybridized carbons (Fsp3) is 0.167. The number of aryl methyl sites for hydroxylation is 1. The molecule has 0 aliphatic rings. The molecule has 0 unspecified atom stereocenters. The van der Waals surface area contributed by atoms with Gasteiger partial charge in [-0.05, 0) is 37.1 Å². The summed E-state index contributed by atoms with van der Waals surface area (Å²) in [6.45, 7) is 3.70. The first-order chi connectivity index (χ1) is 7.59. The van der Waals surface area contributed by atoms with Crippen LogP contribution >= 0.6 is 0 Å². The number of rotatable bonds is 2. The van der Waals surface area contributed by atoms with E-state index in [4.69, 9.17) is 5.11 Å². The number of hydrogen-bond donors (Lipinski definition) is 2.